The average Bonchev–Trinajstić information content (AvgIpc) is 3.68. The first kappa shape index (κ1) is 25.5. The molecule has 7 aromatic carbocycles. The third-order valence-corrected chi connectivity index (χ3v) is 10.6. The predicted octanol–water partition coefficient (Wildman–Crippen LogP) is 12.2. The van der Waals surface area contributed by atoms with Crippen molar-refractivity contribution in [2.45, 2.75) is 0 Å². The van der Waals surface area contributed by atoms with Gasteiger partial charge in [-0.15, -0.1) is 11.3 Å². The van der Waals surface area contributed by atoms with Crippen LogP contribution in [0.15, 0.2) is 158 Å². The second-order valence-electron chi connectivity index (χ2n) is 11.9. The lowest BCUT2D eigenvalue weighted by Crippen LogP contribution is -1.95. The molecule has 0 aliphatic carbocycles. The number of hydrogen-bond acceptors (Lipinski definition) is 2. The Balaban J connectivity index is 1.28. The van der Waals surface area contributed by atoms with E-state index in [0.29, 0.717) is 0 Å². The summed E-state index contributed by atoms with van der Waals surface area (Å²) < 4.78 is 5.10. The molecule has 0 aliphatic heterocycles. The summed E-state index contributed by atoms with van der Waals surface area (Å²) in [4.78, 5) is 5.21. The molecule has 0 atom stereocenters. The van der Waals surface area contributed by atoms with Crippen LogP contribution in [-0.2, 0) is 0 Å². The Labute approximate surface area is 269 Å². The minimum atomic E-state index is 1.01. The second-order valence-corrected chi connectivity index (χ2v) is 13.0. The summed E-state index contributed by atoms with van der Waals surface area (Å²) in [6.07, 6.45) is 0. The predicted molar refractivity (Wildman–Crippen MR) is 197 cm³/mol. The van der Waals surface area contributed by atoms with Crippen LogP contribution >= 0.6 is 11.3 Å². The lowest BCUT2D eigenvalue weighted by atomic mass is 9.96. The van der Waals surface area contributed by atoms with E-state index in [1.165, 1.54) is 69.3 Å². The lowest BCUT2D eigenvalue weighted by molar-refractivity contribution is 1.18. The molecule has 0 spiro atoms. The van der Waals surface area contributed by atoms with Gasteiger partial charge in [-0.3, -0.25) is 0 Å². The molecular weight excluding hydrogens is 577 g/mol. The molecule has 0 saturated carbocycles. The average molecular weight is 603 g/mol. The Kier molecular flexibility index (Phi) is 5.48. The standard InChI is InChI=1S/C43H26N2S/c1-2-12-27(13-3-1)42-35-24-25-38-41(40(35)33-17-4-7-21-36(33)44-42)34-18-5-8-22-37(34)45(38)29-15-10-14-28(26-29)30-19-11-20-32-31-16-6-9-23-39(31)46-43(30)32/h1-26H. The minimum absolute atomic E-state index is 1.01. The normalized spacial score (nSPS) is 11.9. The van der Waals surface area contributed by atoms with Crippen molar-refractivity contribution in [3.05, 3.63) is 158 Å². The number of fused-ring (bicyclic) bond motifs is 10. The van der Waals surface area contributed by atoms with Crippen molar-refractivity contribution >= 4 is 75.0 Å². The quantitative estimate of drug-likeness (QED) is 0.184. The molecule has 3 heteroatoms. The topological polar surface area (TPSA) is 17.8 Å². The van der Waals surface area contributed by atoms with Crippen molar-refractivity contribution in [3.63, 3.8) is 0 Å². The van der Waals surface area contributed by atoms with Crippen LogP contribution < -0.4 is 0 Å². The summed E-state index contributed by atoms with van der Waals surface area (Å²) in [6, 6.07) is 57.0. The fraction of sp³-hybridized carbons (Fsp3) is 0. The largest absolute Gasteiger partial charge is 0.309 e. The van der Waals surface area contributed by atoms with Gasteiger partial charge in [0, 0.05) is 58.4 Å². The Morgan fingerprint density at radius 1 is 0.457 bits per heavy atom. The number of rotatable bonds is 3. The summed E-state index contributed by atoms with van der Waals surface area (Å²) in [5.41, 5.74) is 9.21. The van der Waals surface area contributed by atoms with Gasteiger partial charge in [-0.25, -0.2) is 4.98 Å². The van der Waals surface area contributed by atoms with E-state index in [2.05, 4.69) is 162 Å². The van der Waals surface area contributed by atoms with Crippen molar-refractivity contribution in [1.82, 2.24) is 9.55 Å². The fourth-order valence-corrected chi connectivity index (χ4v) is 8.62. The summed E-state index contributed by atoms with van der Waals surface area (Å²) in [7, 11) is 0. The first-order valence-corrected chi connectivity index (χ1v) is 16.5. The number of aromatic nitrogens is 2. The molecule has 0 amide bonds. The zero-order valence-electron chi connectivity index (χ0n) is 24.8. The molecule has 10 aromatic rings. The highest BCUT2D eigenvalue weighted by Gasteiger charge is 2.20. The molecule has 0 bridgehead atoms. The van der Waals surface area contributed by atoms with E-state index in [-0.39, 0.29) is 0 Å². The molecule has 3 aromatic heterocycles. The van der Waals surface area contributed by atoms with Crippen LogP contribution in [0.3, 0.4) is 0 Å². The van der Waals surface area contributed by atoms with Crippen molar-refractivity contribution in [1.29, 1.82) is 0 Å². The van der Waals surface area contributed by atoms with Crippen LogP contribution in [0.2, 0.25) is 0 Å². The molecule has 0 aliphatic rings. The third kappa shape index (κ3) is 3.67. The van der Waals surface area contributed by atoms with Crippen LogP contribution in [0.5, 0.6) is 0 Å². The van der Waals surface area contributed by atoms with Gasteiger partial charge in [0.05, 0.1) is 22.2 Å². The number of nitrogens with zero attached hydrogens (tertiary/aromatic N) is 2. The zero-order chi connectivity index (χ0) is 30.2. The van der Waals surface area contributed by atoms with Crippen LogP contribution in [0.25, 0.3) is 91.7 Å². The smallest absolute Gasteiger partial charge is 0.0788 e. The molecule has 3 heterocycles. The molecule has 0 fully saturated rings. The van der Waals surface area contributed by atoms with Crippen LogP contribution in [0.1, 0.15) is 0 Å². The van der Waals surface area contributed by atoms with Crippen molar-refractivity contribution in [3.8, 4) is 28.1 Å². The zero-order valence-corrected chi connectivity index (χ0v) is 25.6. The van der Waals surface area contributed by atoms with Gasteiger partial charge in [-0.1, -0.05) is 121 Å². The second kappa shape index (κ2) is 9.87. The molecule has 0 N–H and O–H groups in total. The highest BCUT2D eigenvalue weighted by atomic mass is 32.1. The van der Waals surface area contributed by atoms with E-state index in [1.54, 1.807) is 0 Å². The minimum Gasteiger partial charge on any atom is -0.309 e. The van der Waals surface area contributed by atoms with Crippen molar-refractivity contribution in [2.75, 3.05) is 0 Å². The van der Waals surface area contributed by atoms with Crippen molar-refractivity contribution < 1.29 is 0 Å². The third-order valence-electron chi connectivity index (χ3n) is 9.37. The van der Waals surface area contributed by atoms with E-state index in [1.807, 2.05) is 11.3 Å². The Hall–Kier alpha value is -5.77. The maximum absolute atomic E-state index is 5.21. The summed E-state index contributed by atoms with van der Waals surface area (Å²) in [5.74, 6) is 0. The van der Waals surface area contributed by atoms with E-state index in [4.69, 9.17) is 4.98 Å². The number of benzene rings is 7. The molecule has 2 nitrogen and oxygen atoms in total. The summed E-state index contributed by atoms with van der Waals surface area (Å²) >= 11 is 1.88. The molecule has 0 saturated heterocycles. The fourth-order valence-electron chi connectivity index (χ4n) is 7.38. The van der Waals surface area contributed by atoms with E-state index in [9.17, 15) is 0 Å². The molecular formula is C43H26N2S. The molecule has 0 unspecified atom stereocenters. The Morgan fingerprint density at radius 2 is 1.17 bits per heavy atom. The van der Waals surface area contributed by atoms with Crippen LogP contribution in [-0.4, -0.2) is 9.55 Å². The maximum atomic E-state index is 5.21. The van der Waals surface area contributed by atoms with Gasteiger partial charge in [0.15, 0.2) is 0 Å². The van der Waals surface area contributed by atoms with Gasteiger partial charge in [0.25, 0.3) is 0 Å². The van der Waals surface area contributed by atoms with Gasteiger partial charge in [0.1, 0.15) is 0 Å². The number of pyridine rings is 1. The van der Waals surface area contributed by atoms with E-state index >= 15 is 0 Å². The van der Waals surface area contributed by atoms with Gasteiger partial charge in [0.2, 0.25) is 0 Å². The summed E-state index contributed by atoms with van der Waals surface area (Å²) in [6.45, 7) is 0. The van der Waals surface area contributed by atoms with Crippen LogP contribution in [0.4, 0.5) is 0 Å². The molecule has 0 radical (unpaired) electrons. The number of para-hydroxylation sites is 2. The summed E-state index contributed by atoms with van der Waals surface area (Å²) in [5, 5.41) is 8.76. The van der Waals surface area contributed by atoms with Gasteiger partial charge >= 0.3 is 0 Å². The van der Waals surface area contributed by atoms with E-state index < -0.39 is 0 Å². The van der Waals surface area contributed by atoms with E-state index in [0.717, 1.165) is 22.5 Å². The Bertz CT molecular complexity index is 2800. The first-order valence-electron chi connectivity index (χ1n) is 15.6. The number of hydrogen-bond donors (Lipinski definition) is 0. The molecule has 46 heavy (non-hydrogen) atoms. The lowest BCUT2D eigenvalue weighted by Gasteiger charge is -2.13. The molecule has 10 rings (SSSR count). The number of thiophene rings is 1. The van der Waals surface area contributed by atoms with Crippen LogP contribution in [0, 0.1) is 0 Å². The Morgan fingerprint density at radius 3 is 2.09 bits per heavy atom. The molecule has 214 valence electrons. The monoisotopic (exact) mass is 602 g/mol. The first-order chi connectivity index (χ1) is 22.8. The highest BCUT2D eigenvalue weighted by molar-refractivity contribution is 7.26. The van der Waals surface area contributed by atoms with Crippen molar-refractivity contribution in [2.24, 2.45) is 0 Å². The van der Waals surface area contributed by atoms with Gasteiger partial charge in [-0.2, -0.15) is 0 Å². The maximum Gasteiger partial charge on any atom is 0.0788 e. The van der Waals surface area contributed by atoms with Gasteiger partial charge in [-0.05, 0) is 47.5 Å². The highest BCUT2D eigenvalue weighted by Crippen LogP contribution is 2.44. The van der Waals surface area contributed by atoms with Gasteiger partial charge < -0.3 is 4.57 Å². The SMILES string of the molecule is c1ccc(-c2nc3ccccc3c3c2ccc2c3c3ccccc3n2-c2cccc(-c3cccc4c3sc3ccccc34)c2)cc1.